The Balaban J connectivity index is 1.94. The lowest BCUT2D eigenvalue weighted by atomic mass is 9.98. The second-order valence-electron chi connectivity index (χ2n) is 4.87. The Bertz CT molecular complexity index is 324. The molecule has 0 aromatic carbocycles. The third-order valence-electron chi connectivity index (χ3n) is 3.61. The number of thioether (sulfide) groups is 1. The summed E-state index contributed by atoms with van der Waals surface area (Å²) in [6.07, 6.45) is 4.36. The molecule has 0 bridgehead atoms. The fraction of sp³-hybridized carbons (Fsp3) is 0.833. The van der Waals surface area contributed by atoms with Gasteiger partial charge in [-0.05, 0) is 39.3 Å². The van der Waals surface area contributed by atoms with Crippen LogP contribution in [0.5, 0.6) is 0 Å². The number of hydrogen-bond acceptors (Lipinski definition) is 4. The summed E-state index contributed by atoms with van der Waals surface area (Å²) in [5.74, 6) is 0.682. The third kappa shape index (κ3) is 3.17. The summed E-state index contributed by atoms with van der Waals surface area (Å²) in [7, 11) is 1.93. The number of nitrogens with one attached hydrogen (secondary N) is 2. The molecule has 102 valence electrons. The summed E-state index contributed by atoms with van der Waals surface area (Å²) in [4.78, 5) is 25.5. The number of likely N-dealkylation sites (tertiary alicyclic amines) is 1. The van der Waals surface area contributed by atoms with Crippen molar-refractivity contribution in [2.75, 3.05) is 25.9 Å². The number of hydrogen-bond donors (Lipinski definition) is 2. The molecule has 0 saturated carbocycles. The number of nitrogens with zero attached hydrogens (tertiary/aromatic N) is 1. The first-order valence-corrected chi connectivity index (χ1v) is 7.59. The van der Waals surface area contributed by atoms with E-state index in [2.05, 4.69) is 10.6 Å². The summed E-state index contributed by atoms with van der Waals surface area (Å²) < 4.78 is 0. The summed E-state index contributed by atoms with van der Waals surface area (Å²) in [6, 6.07) is 0.0267. The minimum Gasteiger partial charge on any atom is -0.338 e. The van der Waals surface area contributed by atoms with Crippen molar-refractivity contribution in [3.05, 3.63) is 0 Å². The van der Waals surface area contributed by atoms with E-state index in [0.717, 1.165) is 32.4 Å². The average Bonchev–Trinajstić information content (AvgIpc) is 2.82. The molecule has 5 nitrogen and oxygen atoms in total. The van der Waals surface area contributed by atoms with Crippen molar-refractivity contribution >= 4 is 22.9 Å². The predicted molar refractivity (Wildman–Crippen MR) is 72.7 cm³/mol. The first kappa shape index (κ1) is 13.7. The Morgan fingerprint density at radius 1 is 1.56 bits per heavy atom. The van der Waals surface area contributed by atoms with Gasteiger partial charge < -0.3 is 15.5 Å². The molecule has 2 saturated heterocycles. The van der Waals surface area contributed by atoms with Gasteiger partial charge in [0.1, 0.15) is 6.04 Å². The van der Waals surface area contributed by atoms with Crippen LogP contribution in [0.15, 0.2) is 0 Å². The predicted octanol–water partition coefficient (Wildman–Crippen LogP) is 0.802. The van der Waals surface area contributed by atoms with E-state index in [-0.39, 0.29) is 17.2 Å². The maximum atomic E-state index is 12.4. The van der Waals surface area contributed by atoms with Gasteiger partial charge in [-0.2, -0.15) is 0 Å². The molecular formula is C12H21N3O2S. The molecular weight excluding hydrogens is 250 g/mol. The minimum atomic E-state index is -0.308. The molecule has 0 aromatic heterocycles. The van der Waals surface area contributed by atoms with Crippen LogP contribution < -0.4 is 10.6 Å². The van der Waals surface area contributed by atoms with Gasteiger partial charge in [-0.3, -0.25) is 9.59 Å². The van der Waals surface area contributed by atoms with Crippen LogP contribution >= 0.6 is 11.8 Å². The lowest BCUT2D eigenvalue weighted by Gasteiger charge is -2.37. The van der Waals surface area contributed by atoms with E-state index < -0.39 is 0 Å². The highest BCUT2D eigenvalue weighted by Gasteiger charge is 2.35. The van der Waals surface area contributed by atoms with Gasteiger partial charge in [0, 0.05) is 18.3 Å². The van der Waals surface area contributed by atoms with Crippen LogP contribution in [0.3, 0.4) is 0 Å². The highest BCUT2D eigenvalue weighted by atomic mass is 32.2. The van der Waals surface area contributed by atoms with Gasteiger partial charge in [0.2, 0.25) is 5.91 Å². The summed E-state index contributed by atoms with van der Waals surface area (Å²) in [5.41, 5.74) is 0. The fourth-order valence-corrected chi connectivity index (χ4v) is 3.39. The first-order valence-electron chi connectivity index (χ1n) is 6.60. The maximum Gasteiger partial charge on any atom is 0.279 e. The Hall–Kier alpha value is -0.750. The van der Waals surface area contributed by atoms with Gasteiger partial charge in [-0.15, -0.1) is 0 Å². The molecule has 6 heteroatoms. The zero-order chi connectivity index (χ0) is 13.0. The van der Waals surface area contributed by atoms with Crippen molar-refractivity contribution in [3.8, 4) is 0 Å². The van der Waals surface area contributed by atoms with Crippen molar-refractivity contribution < 1.29 is 9.59 Å². The van der Waals surface area contributed by atoms with Crippen LogP contribution in [-0.2, 0) is 4.79 Å². The van der Waals surface area contributed by atoms with Gasteiger partial charge in [-0.1, -0.05) is 11.8 Å². The average molecular weight is 271 g/mol. The zero-order valence-electron chi connectivity index (χ0n) is 10.8. The molecule has 0 aliphatic carbocycles. The van der Waals surface area contributed by atoms with E-state index in [1.165, 1.54) is 18.2 Å². The molecule has 2 atom stereocenters. The van der Waals surface area contributed by atoms with Gasteiger partial charge in [0.05, 0.1) is 0 Å². The largest absolute Gasteiger partial charge is 0.338 e. The van der Waals surface area contributed by atoms with Crippen molar-refractivity contribution in [1.29, 1.82) is 0 Å². The van der Waals surface area contributed by atoms with Crippen molar-refractivity contribution in [1.82, 2.24) is 15.5 Å². The molecule has 0 spiro atoms. The highest BCUT2D eigenvalue weighted by molar-refractivity contribution is 8.14. The quantitative estimate of drug-likeness (QED) is 0.794. The van der Waals surface area contributed by atoms with Gasteiger partial charge in [-0.25, -0.2) is 0 Å². The molecule has 18 heavy (non-hydrogen) atoms. The molecule has 2 aliphatic heterocycles. The lowest BCUT2D eigenvalue weighted by molar-refractivity contribution is -0.136. The maximum absolute atomic E-state index is 12.4. The number of carbonyl (C=O) groups excluding carboxylic acids is 2. The molecule has 2 fully saturated rings. The second kappa shape index (κ2) is 6.43. The molecule has 2 heterocycles. The van der Waals surface area contributed by atoms with E-state index in [1.54, 1.807) is 0 Å². The zero-order valence-corrected chi connectivity index (χ0v) is 11.6. The van der Waals surface area contributed by atoms with Crippen LogP contribution in [0.25, 0.3) is 0 Å². The molecule has 0 radical (unpaired) electrons. The normalized spacial score (nSPS) is 28.3. The standard InChI is InChI=1S/C12H21N3O2S/c1-13-6-5-9-4-2-3-7-15(9)11(16)10-8-18-12(17)14-10/h9-10,13H,2-8H2,1H3,(H,14,17). The number of piperidine rings is 1. The molecule has 2 amide bonds. The van der Waals surface area contributed by atoms with Crippen LogP contribution in [0.4, 0.5) is 4.79 Å². The summed E-state index contributed by atoms with van der Waals surface area (Å²) in [5, 5.41) is 5.81. The Morgan fingerprint density at radius 2 is 2.39 bits per heavy atom. The van der Waals surface area contributed by atoms with E-state index >= 15 is 0 Å². The van der Waals surface area contributed by atoms with Gasteiger partial charge in [0.25, 0.3) is 5.24 Å². The minimum absolute atomic E-state index is 0.0721. The van der Waals surface area contributed by atoms with E-state index in [0.29, 0.717) is 11.8 Å². The van der Waals surface area contributed by atoms with Gasteiger partial charge in [0.15, 0.2) is 0 Å². The lowest BCUT2D eigenvalue weighted by Crippen LogP contribution is -2.52. The summed E-state index contributed by atoms with van der Waals surface area (Å²) in [6.45, 7) is 1.77. The molecule has 2 aliphatic rings. The van der Waals surface area contributed by atoms with Crippen molar-refractivity contribution in [2.24, 2.45) is 0 Å². The molecule has 2 unspecified atom stereocenters. The Labute approximate surface area is 112 Å². The van der Waals surface area contributed by atoms with E-state index in [9.17, 15) is 9.59 Å². The Morgan fingerprint density at radius 3 is 3.06 bits per heavy atom. The van der Waals surface area contributed by atoms with Crippen molar-refractivity contribution in [2.45, 2.75) is 37.8 Å². The first-order chi connectivity index (χ1) is 8.72. The van der Waals surface area contributed by atoms with Crippen LogP contribution in [0.1, 0.15) is 25.7 Å². The topological polar surface area (TPSA) is 61.4 Å². The Kier molecular flexibility index (Phi) is 4.88. The summed E-state index contributed by atoms with van der Waals surface area (Å²) >= 11 is 1.21. The molecule has 2 N–H and O–H groups in total. The fourth-order valence-electron chi connectivity index (χ4n) is 2.62. The number of rotatable bonds is 4. The highest BCUT2D eigenvalue weighted by Crippen LogP contribution is 2.23. The van der Waals surface area contributed by atoms with E-state index in [4.69, 9.17) is 0 Å². The van der Waals surface area contributed by atoms with Crippen LogP contribution in [0.2, 0.25) is 0 Å². The number of carbonyl (C=O) groups is 2. The SMILES string of the molecule is CNCCC1CCCCN1C(=O)C1CSC(=O)N1. The van der Waals surface area contributed by atoms with Crippen LogP contribution in [0, 0.1) is 0 Å². The monoisotopic (exact) mass is 271 g/mol. The van der Waals surface area contributed by atoms with Crippen LogP contribution in [-0.4, -0.2) is 54.0 Å². The number of amides is 2. The molecule has 0 aromatic rings. The third-order valence-corrected chi connectivity index (χ3v) is 4.49. The van der Waals surface area contributed by atoms with Gasteiger partial charge >= 0.3 is 0 Å². The smallest absolute Gasteiger partial charge is 0.279 e. The molecule has 2 rings (SSSR count). The van der Waals surface area contributed by atoms with Crippen molar-refractivity contribution in [3.63, 3.8) is 0 Å². The second-order valence-corrected chi connectivity index (χ2v) is 5.86. The van der Waals surface area contributed by atoms with E-state index in [1.807, 2.05) is 11.9 Å².